The van der Waals surface area contributed by atoms with Crippen molar-refractivity contribution < 1.29 is 9.85 Å². The predicted molar refractivity (Wildman–Crippen MR) is 321 cm³/mol. The number of nitro groups is 2. The van der Waals surface area contributed by atoms with Gasteiger partial charge in [-0.25, -0.2) is 0 Å². The summed E-state index contributed by atoms with van der Waals surface area (Å²) in [6.45, 7) is 13.3. The van der Waals surface area contributed by atoms with Crippen LogP contribution in [0.2, 0.25) is 0 Å². The number of nitrogens with zero attached hydrogens (tertiary/aromatic N) is 4. The molecule has 8 aromatic rings. The van der Waals surface area contributed by atoms with E-state index in [-0.39, 0.29) is 21.2 Å². The Kier molecular flexibility index (Phi) is 25.3. The molecule has 0 aliphatic carbocycles. The number of anilines is 3. The highest BCUT2D eigenvalue weighted by Gasteiger charge is 2.09. The van der Waals surface area contributed by atoms with Crippen LogP contribution in [0.25, 0.3) is 0 Å². The molecule has 0 radical (unpaired) electrons. The first-order valence-corrected chi connectivity index (χ1v) is 27.5. The zero-order valence-electron chi connectivity index (χ0n) is 43.8. The third-order valence-corrected chi connectivity index (χ3v) is 13.2. The third kappa shape index (κ3) is 21.4. The monoisotopic (exact) mass is 1130 g/mol. The fourth-order valence-electron chi connectivity index (χ4n) is 8.32. The summed E-state index contributed by atoms with van der Waals surface area (Å²) in [6, 6.07) is 66.2. The largest absolute Gasteiger partial charge is 0.399 e. The molecule has 0 heterocycles. The molecule has 0 aromatic heterocycles. The van der Waals surface area contributed by atoms with Gasteiger partial charge in [-0.1, -0.05) is 175 Å². The van der Waals surface area contributed by atoms with Crippen molar-refractivity contribution in [2.24, 2.45) is 0 Å². The van der Waals surface area contributed by atoms with Crippen LogP contribution in [-0.2, 0) is 25.7 Å². The fraction of sp³-hybridized carbons (Fsp3) is 0.250. The van der Waals surface area contributed by atoms with Crippen molar-refractivity contribution in [3.8, 4) is 0 Å². The van der Waals surface area contributed by atoms with Gasteiger partial charge in [-0.2, -0.15) is 0 Å². The molecule has 0 aliphatic rings. The molecule has 0 unspecified atom stereocenters. The Bertz CT molecular complexity index is 2860. The molecule has 8 rings (SSSR count). The number of nitro benzene ring substituents is 2. The molecule has 0 aliphatic heterocycles. The van der Waals surface area contributed by atoms with Gasteiger partial charge in [0.1, 0.15) is 0 Å². The van der Waals surface area contributed by atoms with Gasteiger partial charge < -0.3 is 15.5 Å². The molecule has 0 bridgehead atoms. The van der Waals surface area contributed by atoms with E-state index in [0.717, 1.165) is 90.5 Å². The highest BCUT2D eigenvalue weighted by Crippen LogP contribution is 2.22. The van der Waals surface area contributed by atoms with E-state index < -0.39 is 0 Å². The molecular weight excluding hydrogens is 1060 g/mol. The summed E-state index contributed by atoms with van der Waals surface area (Å²) in [7, 11) is 0. The van der Waals surface area contributed by atoms with Gasteiger partial charge in [-0.05, 0) is 157 Å². The number of nitrogen functional groups attached to an aromatic ring is 1. The first-order chi connectivity index (χ1) is 36.3. The number of halogens is 2. The predicted octanol–water partition coefficient (Wildman–Crippen LogP) is 17.3. The summed E-state index contributed by atoms with van der Waals surface area (Å²) < 4.78 is 2.18. The average Bonchev–Trinajstić information content (AvgIpc) is 3.42. The summed E-state index contributed by atoms with van der Waals surface area (Å²) in [6.07, 6.45) is 8.21. The van der Waals surface area contributed by atoms with Crippen LogP contribution in [0.5, 0.6) is 0 Å². The maximum atomic E-state index is 10.7. The number of rotatable bonds is 20. The Balaban J connectivity index is 0.000000188. The Morgan fingerprint density at radius 3 is 0.867 bits per heavy atom. The minimum absolute atomic E-state index is 0.129. The van der Waals surface area contributed by atoms with Gasteiger partial charge in [-0.15, -0.1) is 0 Å². The maximum absolute atomic E-state index is 10.7. The standard InChI is InChI=1S/C19H24N2O2.C19H26N2.C13H10BrNO2.C13H11Br/c1-3-13-20(14-4-2)18-9-5-16(6-10-18)15-17-7-11-19(12-8-17)21(22)23;1-3-13-21(14-4-2)19-11-7-17(8-12-19)15-16-5-9-18(20)10-6-16;14-12-5-1-10(2-6-12)9-11-3-7-13(8-4-11)15(16)17;14-13-8-6-12(7-9-13)10-11-4-2-1-3-5-11/h5-12H,3-4,13-15H2,1-2H3;5-12H,3-4,13-15,20H2,1-2H3;1-8H,9H2;1-9H,10H2. The van der Waals surface area contributed by atoms with Crippen LogP contribution >= 0.6 is 31.9 Å². The number of hydrogen-bond donors (Lipinski definition) is 1. The summed E-state index contributed by atoms with van der Waals surface area (Å²) in [4.78, 5) is 25.3. The van der Waals surface area contributed by atoms with Gasteiger partial charge in [0.25, 0.3) is 11.4 Å². The molecule has 0 amide bonds. The second kappa shape index (κ2) is 32.3. The highest BCUT2D eigenvalue weighted by molar-refractivity contribution is 9.10. The zero-order chi connectivity index (χ0) is 53.8. The molecule has 0 spiro atoms. The van der Waals surface area contributed by atoms with E-state index in [9.17, 15) is 20.2 Å². The quantitative estimate of drug-likeness (QED) is 0.0459. The van der Waals surface area contributed by atoms with E-state index in [4.69, 9.17) is 5.73 Å². The average molecular weight is 1130 g/mol. The lowest BCUT2D eigenvalue weighted by molar-refractivity contribution is -0.385. The molecule has 2 N–H and O–H groups in total. The third-order valence-electron chi connectivity index (χ3n) is 12.2. The fourth-order valence-corrected chi connectivity index (χ4v) is 8.85. The number of benzene rings is 8. The molecule has 390 valence electrons. The normalized spacial score (nSPS) is 10.4. The summed E-state index contributed by atoms with van der Waals surface area (Å²) in [5.41, 5.74) is 19.3. The van der Waals surface area contributed by atoms with Crippen molar-refractivity contribution in [1.82, 2.24) is 0 Å². The SMILES string of the molecule is Brc1ccc(Cc2ccccc2)cc1.CCCN(CCC)c1ccc(Cc2ccc(N)cc2)cc1.CCCN(CCC)c1ccc(Cc2ccc([N+](=O)[O-])cc2)cc1.O=[N+]([O-])c1ccc(Cc2ccc(Br)cc2)cc1. The Morgan fingerprint density at radius 1 is 0.360 bits per heavy atom. The van der Waals surface area contributed by atoms with E-state index >= 15 is 0 Å². The highest BCUT2D eigenvalue weighted by atomic mass is 79.9. The summed E-state index contributed by atoms with van der Waals surface area (Å²) in [5.74, 6) is 0. The molecule has 75 heavy (non-hydrogen) atoms. The van der Waals surface area contributed by atoms with Gasteiger partial charge >= 0.3 is 0 Å². The Morgan fingerprint density at radius 2 is 0.600 bits per heavy atom. The van der Waals surface area contributed by atoms with Crippen LogP contribution in [0.4, 0.5) is 28.4 Å². The lowest BCUT2D eigenvalue weighted by atomic mass is 10.0. The molecule has 0 saturated carbocycles. The van der Waals surface area contributed by atoms with Crippen LogP contribution in [0.1, 0.15) is 97.9 Å². The smallest absolute Gasteiger partial charge is 0.269 e. The second-order valence-electron chi connectivity index (χ2n) is 18.3. The van der Waals surface area contributed by atoms with Crippen LogP contribution in [0, 0.1) is 20.2 Å². The number of hydrogen-bond acceptors (Lipinski definition) is 7. The molecule has 0 fully saturated rings. The van der Waals surface area contributed by atoms with E-state index in [1.807, 2.05) is 54.6 Å². The zero-order valence-corrected chi connectivity index (χ0v) is 47.0. The van der Waals surface area contributed by atoms with Gasteiger partial charge in [0.15, 0.2) is 0 Å². The maximum Gasteiger partial charge on any atom is 0.269 e. The Labute approximate surface area is 462 Å². The van der Waals surface area contributed by atoms with Gasteiger partial charge in [0.2, 0.25) is 0 Å². The first-order valence-electron chi connectivity index (χ1n) is 25.9. The van der Waals surface area contributed by atoms with Gasteiger partial charge in [0.05, 0.1) is 9.85 Å². The van der Waals surface area contributed by atoms with Gasteiger partial charge in [-0.3, -0.25) is 20.2 Å². The van der Waals surface area contributed by atoms with Crippen molar-refractivity contribution in [3.05, 3.63) is 274 Å². The molecule has 0 atom stereocenters. The lowest BCUT2D eigenvalue weighted by Crippen LogP contribution is -2.24. The second-order valence-corrected chi connectivity index (χ2v) is 20.2. The van der Waals surface area contributed by atoms with E-state index in [2.05, 4.69) is 179 Å². The molecule has 9 nitrogen and oxygen atoms in total. The van der Waals surface area contributed by atoms with E-state index in [1.54, 1.807) is 24.3 Å². The van der Waals surface area contributed by atoms with Crippen molar-refractivity contribution in [3.63, 3.8) is 0 Å². The van der Waals surface area contributed by atoms with Crippen molar-refractivity contribution >= 4 is 60.3 Å². The lowest BCUT2D eigenvalue weighted by Gasteiger charge is -2.24. The first kappa shape index (κ1) is 58.8. The summed E-state index contributed by atoms with van der Waals surface area (Å²) in [5, 5.41) is 21.2. The van der Waals surface area contributed by atoms with E-state index in [1.165, 1.54) is 69.7 Å². The van der Waals surface area contributed by atoms with Crippen molar-refractivity contribution in [1.29, 1.82) is 0 Å². The molecule has 11 heteroatoms. The van der Waals surface area contributed by atoms with Gasteiger partial charge in [0, 0.05) is 76.5 Å². The molecule has 8 aromatic carbocycles. The van der Waals surface area contributed by atoms with Crippen LogP contribution in [-0.4, -0.2) is 36.0 Å². The van der Waals surface area contributed by atoms with E-state index in [0.29, 0.717) is 0 Å². The van der Waals surface area contributed by atoms with Crippen LogP contribution < -0.4 is 15.5 Å². The topological polar surface area (TPSA) is 119 Å². The molecule has 0 saturated heterocycles. The molecular formula is C64H71Br2N5O4. The minimum atomic E-state index is -0.386. The Hall–Kier alpha value is -7.08. The number of nitrogens with two attached hydrogens (primary N) is 1. The van der Waals surface area contributed by atoms with Crippen LogP contribution in [0.3, 0.4) is 0 Å². The minimum Gasteiger partial charge on any atom is -0.399 e. The van der Waals surface area contributed by atoms with Crippen molar-refractivity contribution in [2.45, 2.75) is 79.1 Å². The number of non-ortho nitro benzene ring substituents is 2. The van der Waals surface area contributed by atoms with Crippen molar-refractivity contribution in [2.75, 3.05) is 41.7 Å². The summed E-state index contributed by atoms with van der Waals surface area (Å²) >= 11 is 6.81. The van der Waals surface area contributed by atoms with Crippen LogP contribution in [0.15, 0.2) is 209 Å².